The molecule has 4 nitrogen and oxygen atoms in total. The van der Waals surface area contributed by atoms with E-state index in [9.17, 15) is 9.59 Å². The second kappa shape index (κ2) is 7.34. The number of para-hydroxylation sites is 1. The summed E-state index contributed by atoms with van der Waals surface area (Å²) in [5, 5.41) is 0.794. The molecule has 0 unspecified atom stereocenters. The molecule has 1 N–H and O–H groups in total. The molecule has 0 radical (unpaired) electrons. The lowest BCUT2D eigenvalue weighted by atomic mass is 9.98. The number of esters is 1. The first kappa shape index (κ1) is 17.0. The van der Waals surface area contributed by atoms with Gasteiger partial charge < -0.3 is 9.72 Å². The number of ether oxygens (including phenoxy) is 1. The quantitative estimate of drug-likeness (QED) is 0.539. The summed E-state index contributed by atoms with van der Waals surface area (Å²) in [6, 6.07) is 13.4. The summed E-state index contributed by atoms with van der Waals surface area (Å²) < 4.78 is 5.28. The van der Waals surface area contributed by atoms with Gasteiger partial charge in [-0.3, -0.25) is 4.79 Å². The first-order valence-corrected chi connectivity index (χ1v) is 8.52. The van der Waals surface area contributed by atoms with E-state index in [1.54, 1.807) is 6.20 Å². The zero-order valence-electron chi connectivity index (χ0n) is 14.5. The number of Topliss-reactive ketones (excluding diaryl/α,β-unsaturated/α-hetero) is 1. The monoisotopic (exact) mass is 335 g/mol. The van der Waals surface area contributed by atoms with E-state index >= 15 is 0 Å². The number of carbonyl (C=O) groups excluding carboxylic acids is 2. The van der Waals surface area contributed by atoms with Crippen molar-refractivity contribution in [1.82, 2.24) is 4.98 Å². The highest BCUT2D eigenvalue weighted by atomic mass is 16.5. The molecule has 0 aliphatic heterocycles. The van der Waals surface area contributed by atoms with Gasteiger partial charge in [-0.15, -0.1) is 0 Å². The van der Waals surface area contributed by atoms with Crippen molar-refractivity contribution in [3.8, 4) is 0 Å². The molecule has 1 aromatic heterocycles. The fourth-order valence-corrected chi connectivity index (χ4v) is 2.94. The molecule has 25 heavy (non-hydrogen) atoms. The maximum Gasteiger partial charge on any atom is 0.340 e. The number of fused-ring (bicyclic) bond motifs is 1. The lowest BCUT2D eigenvalue weighted by Gasteiger charge is -2.09. The largest absolute Gasteiger partial charge is 0.454 e. The first-order valence-electron chi connectivity index (χ1n) is 8.52. The number of aromatic amines is 1. The molecule has 0 saturated heterocycles. The van der Waals surface area contributed by atoms with Crippen LogP contribution >= 0.6 is 0 Å². The van der Waals surface area contributed by atoms with Gasteiger partial charge in [0.1, 0.15) is 0 Å². The molecule has 0 bridgehead atoms. The predicted molar refractivity (Wildman–Crippen MR) is 98.1 cm³/mol. The summed E-state index contributed by atoms with van der Waals surface area (Å²) in [5.41, 5.74) is 4.04. The number of hydrogen-bond donors (Lipinski definition) is 1. The maximum absolute atomic E-state index is 12.5. The second-order valence-electron chi connectivity index (χ2n) is 5.95. The molecule has 2 aromatic carbocycles. The zero-order valence-corrected chi connectivity index (χ0v) is 14.5. The molecule has 0 saturated carbocycles. The molecule has 0 atom stereocenters. The molecule has 0 fully saturated rings. The van der Waals surface area contributed by atoms with E-state index in [0.29, 0.717) is 11.1 Å². The van der Waals surface area contributed by atoms with Crippen LogP contribution in [0.15, 0.2) is 48.7 Å². The van der Waals surface area contributed by atoms with Gasteiger partial charge in [-0.1, -0.05) is 44.2 Å². The van der Waals surface area contributed by atoms with Crippen LogP contribution in [0.4, 0.5) is 0 Å². The van der Waals surface area contributed by atoms with Crippen molar-refractivity contribution in [3.05, 3.63) is 70.9 Å². The topological polar surface area (TPSA) is 59.2 Å². The molecule has 3 aromatic rings. The van der Waals surface area contributed by atoms with Gasteiger partial charge in [-0.05, 0) is 36.1 Å². The third-order valence-corrected chi connectivity index (χ3v) is 4.41. The minimum absolute atomic E-state index is 0.166. The number of ketones is 1. The fraction of sp³-hybridized carbons (Fsp3) is 0.238. The smallest absolute Gasteiger partial charge is 0.340 e. The van der Waals surface area contributed by atoms with Crippen molar-refractivity contribution in [3.63, 3.8) is 0 Å². The Kier molecular flexibility index (Phi) is 4.98. The summed E-state index contributed by atoms with van der Waals surface area (Å²) in [6.45, 7) is 3.81. The third kappa shape index (κ3) is 3.48. The van der Waals surface area contributed by atoms with E-state index in [2.05, 4.69) is 4.98 Å². The van der Waals surface area contributed by atoms with E-state index in [-0.39, 0.29) is 12.4 Å². The van der Waals surface area contributed by atoms with E-state index in [4.69, 9.17) is 4.74 Å². The van der Waals surface area contributed by atoms with Crippen LogP contribution in [0.2, 0.25) is 0 Å². The lowest BCUT2D eigenvalue weighted by Crippen LogP contribution is -2.15. The third-order valence-electron chi connectivity index (χ3n) is 4.41. The summed E-state index contributed by atoms with van der Waals surface area (Å²) in [6.07, 6.45) is 3.24. The number of hydrogen-bond acceptors (Lipinski definition) is 3. The highest BCUT2D eigenvalue weighted by Crippen LogP contribution is 2.19. The van der Waals surface area contributed by atoms with E-state index in [1.165, 1.54) is 0 Å². The molecular weight excluding hydrogens is 314 g/mol. The Bertz CT molecular complexity index is 924. The van der Waals surface area contributed by atoms with Crippen LogP contribution in [0.25, 0.3) is 10.9 Å². The van der Waals surface area contributed by atoms with Crippen LogP contribution in [-0.4, -0.2) is 23.3 Å². The van der Waals surface area contributed by atoms with Crippen molar-refractivity contribution in [2.45, 2.75) is 26.7 Å². The van der Waals surface area contributed by atoms with Crippen LogP contribution in [0, 0.1) is 0 Å². The van der Waals surface area contributed by atoms with Crippen molar-refractivity contribution < 1.29 is 14.3 Å². The fourth-order valence-electron chi connectivity index (χ4n) is 2.94. The summed E-state index contributed by atoms with van der Waals surface area (Å²) in [5.74, 6) is -0.657. The van der Waals surface area contributed by atoms with Gasteiger partial charge in [0.25, 0.3) is 0 Å². The van der Waals surface area contributed by atoms with Gasteiger partial charge in [-0.25, -0.2) is 4.79 Å². The molecular formula is C21H21NO3. The molecule has 0 aliphatic rings. The van der Waals surface area contributed by atoms with Gasteiger partial charge in [0.15, 0.2) is 6.61 Å². The minimum Gasteiger partial charge on any atom is -0.454 e. The number of nitrogens with one attached hydrogen (secondary N) is 1. The minimum atomic E-state index is -0.490. The number of aryl methyl sites for hydroxylation is 2. The SMILES string of the molecule is CCc1ccc(CC)c(C(=O)COC(=O)c2c[nH]c3ccccc23)c1. The van der Waals surface area contributed by atoms with Crippen molar-refractivity contribution in [1.29, 1.82) is 0 Å². The van der Waals surface area contributed by atoms with E-state index < -0.39 is 5.97 Å². The Morgan fingerprint density at radius 2 is 1.80 bits per heavy atom. The average Bonchev–Trinajstić information content (AvgIpc) is 3.09. The summed E-state index contributed by atoms with van der Waals surface area (Å²) in [7, 11) is 0. The first-order chi connectivity index (χ1) is 12.1. The van der Waals surface area contributed by atoms with Crippen LogP contribution in [0.1, 0.15) is 45.7 Å². The van der Waals surface area contributed by atoms with Crippen LogP contribution in [-0.2, 0) is 17.6 Å². The summed E-state index contributed by atoms with van der Waals surface area (Å²) >= 11 is 0. The zero-order chi connectivity index (χ0) is 17.8. The average molecular weight is 335 g/mol. The molecule has 1 heterocycles. The van der Waals surface area contributed by atoms with Crippen molar-refractivity contribution >= 4 is 22.7 Å². The molecule has 3 rings (SSSR count). The second-order valence-corrected chi connectivity index (χ2v) is 5.95. The van der Waals surface area contributed by atoms with Gasteiger partial charge in [0.2, 0.25) is 5.78 Å². The standard InChI is InChI=1S/C21H21NO3/c1-3-14-9-10-15(4-2)17(11-14)20(23)13-25-21(24)18-12-22-19-8-6-5-7-16(18)19/h5-12,22H,3-4,13H2,1-2H3. The van der Waals surface area contributed by atoms with Gasteiger partial charge in [0.05, 0.1) is 5.56 Å². The number of carbonyl (C=O) groups is 2. The van der Waals surface area contributed by atoms with Gasteiger partial charge in [0, 0.05) is 22.7 Å². The maximum atomic E-state index is 12.5. The number of H-pyrrole nitrogens is 1. The highest BCUT2D eigenvalue weighted by Gasteiger charge is 2.17. The van der Waals surface area contributed by atoms with Crippen LogP contribution in [0.5, 0.6) is 0 Å². The highest BCUT2D eigenvalue weighted by molar-refractivity contribution is 6.05. The van der Waals surface area contributed by atoms with Crippen LogP contribution < -0.4 is 0 Å². The Morgan fingerprint density at radius 1 is 1.00 bits per heavy atom. The van der Waals surface area contributed by atoms with E-state index in [0.717, 1.165) is 34.9 Å². The number of rotatable bonds is 6. The van der Waals surface area contributed by atoms with E-state index in [1.807, 2.05) is 56.3 Å². The number of aromatic nitrogens is 1. The lowest BCUT2D eigenvalue weighted by molar-refractivity contribution is 0.0476. The Hall–Kier alpha value is -2.88. The van der Waals surface area contributed by atoms with Crippen molar-refractivity contribution in [2.24, 2.45) is 0 Å². The van der Waals surface area contributed by atoms with Crippen LogP contribution in [0.3, 0.4) is 0 Å². The Labute approximate surface area is 146 Å². The Morgan fingerprint density at radius 3 is 2.56 bits per heavy atom. The molecule has 128 valence electrons. The predicted octanol–water partition coefficient (Wildman–Crippen LogP) is 4.33. The molecule has 0 aliphatic carbocycles. The van der Waals surface area contributed by atoms with Gasteiger partial charge in [-0.2, -0.15) is 0 Å². The number of benzene rings is 2. The Balaban J connectivity index is 1.75. The van der Waals surface area contributed by atoms with Crippen molar-refractivity contribution in [2.75, 3.05) is 6.61 Å². The molecule has 0 spiro atoms. The molecule has 4 heteroatoms. The molecule has 0 amide bonds. The normalized spacial score (nSPS) is 10.8. The summed E-state index contributed by atoms with van der Waals surface area (Å²) in [4.78, 5) is 27.9. The van der Waals surface area contributed by atoms with Gasteiger partial charge >= 0.3 is 5.97 Å².